The summed E-state index contributed by atoms with van der Waals surface area (Å²) >= 11 is 0. The number of benzene rings is 1. The fraction of sp³-hybridized carbons (Fsp3) is 0.357. The number of rotatable bonds is 5. The SMILES string of the molecule is CC=CC(=O)N(CC)Cc1ccc(OC)cc1. The molecular weight excluding hydrogens is 214 g/mol. The molecule has 1 amide bonds. The van der Waals surface area contributed by atoms with Gasteiger partial charge < -0.3 is 9.64 Å². The summed E-state index contributed by atoms with van der Waals surface area (Å²) < 4.78 is 5.09. The van der Waals surface area contributed by atoms with Crippen molar-refractivity contribution in [1.82, 2.24) is 4.90 Å². The highest BCUT2D eigenvalue weighted by Gasteiger charge is 2.08. The average molecular weight is 233 g/mol. The number of carbonyl (C=O) groups excluding carboxylic acids is 1. The van der Waals surface area contributed by atoms with E-state index in [1.54, 1.807) is 24.2 Å². The van der Waals surface area contributed by atoms with E-state index in [1.807, 2.05) is 38.1 Å². The summed E-state index contributed by atoms with van der Waals surface area (Å²) in [5.41, 5.74) is 1.10. The Hall–Kier alpha value is -1.77. The maximum absolute atomic E-state index is 11.7. The highest BCUT2D eigenvalue weighted by molar-refractivity contribution is 5.87. The van der Waals surface area contributed by atoms with Crippen LogP contribution in [0.4, 0.5) is 0 Å². The Morgan fingerprint density at radius 2 is 2.00 bits per heavy atom. The number of hydrogen-bond acceptors (Lipinski definition) is 2. The smallest absolute Gasteiger partial charge is 0.246 e. The third kappa shape index (κ3) is 3.94. The number of nitrogens with zero attached hydrogens (tertiary/aromatic N) is 1. The zero-order chi connectivity index (χ0) is 12.7. The third-order valence-electron chi connectivity index (χ3n) is 2.54. The second kappa shape index (κ2) is 6.74. The lowest BCUT2D eigenvalue weighted by Gasteiger charge is -2.19. The van der Waals surface area contributed by atoms with Crippen LogP contribution in [0.15, 0.2) is 36.4 Å². The quantitative estimate of drug-likeness (QED) is 0.732. The molecule has 0 aliphatic heterocycles. The van der Waals surface area contributed by atoms with E-state index in [-0.39, 0.29) is 5.91 Å². The molecule has 3 heteroatoms. The first kappa shape index (κ1) is 13.3. The van der Waals surface area contributed by atoms with E-state index < -0.39 is 0 Å². The standard InChI is InChI=1S/C14H19NO2/c1-4-6-14(16)15(5-2)11-12-7-9-13(17-3)10-8-12/h4,6-10H,5,11H2,1-3H3. The van der Waals surface area contributed by atoms with Gasteiger partial charge in [-0.1, -0.05) is 18.2 Å². The lowest BCUT2D eigenvalue weighted by molar-refractivity contribution is -0.126. The third-order valence-corrected chi connectivity index (χ3v) is 2.54. The van der Waals surface area contributed by atoms with E-state index in [1.165, 1.54) is 0 Å². The molecule has 0 fully saturated rings. The van der Waals surface area contributed by atoms with E-state index in [9.17, 15) is 4.79 Å². The molecule has 1 aromatic rings. The zero-order valence-corrected chi connectivity index (χ0v) is 10.6. The maximum atomic E-state index is 11.7. The van der Waals surface area contributed by atoms with Crippen molar-refractivity contribution in [2.24, 2.45) is 0 Å². The molecule has 0 heterocycles. The molecule has 0 aromatic heterocycles. The zero-order valence-electron chi connectivity index (χ0n) is 10.6. The van der Waals surface area contributed by atoms with Gasteiger partial charge in [0.15, 0.2) is 0 Å². The Kier molecular flexibility index (Phi) is 5.27. The fourth-order valence-corrected chi connectivity index (χ4v) is 1.54. The monoisotopic (exact) mass is 233 g/mol. The van der Waals surface area contributed by atoms with Crippen molar-refractivity contribution in [3.05, 3.63) is 42.0 Å². The van der Waals surface area contributed by atoms with Crippen molar-refractivity contribution >= 4 is 5.91 Å². The van der Waals surface area contributed by atoms with E-state index in [0.29, 0.717) is 13.1 Å². The molecule has 0 N–H and O–H groups in total. The summed E-state index contributed by atoms with van der Waals surface area (Å²) in [7, 11) is 1.64. The number of methoxy groups -OCH3 is 1. The van der Waals surface area contributed by atoms with E-state index in [0.717, 1.165) is 11.3 Å². The summed E-state index contributed by atoms with van der Waals surface area (Å²) in [5.74, 6) is 0.877. The first-order valence-electron chi connectivity index (χ1n) is 5.75. The Bertz CT molecular complexity index is 382. The molecule has 0 bridgehead atoms. The molecule has 1 rings (SSSR count). The van der Waals surface area contributed by atoms with Gasteiger partial charge in [-0.15, -0.1) is 0 Å². The summed E-state index contributed by atoms with van der Waals surface area (Å²) in [4.78, 5) is 13.5. The van der Waals surface area contributed by atoms with Crippen LogP contribution in [0, 0.1) is 0 Å². The predicted molar refractivity (Wildman–Crippen MR) is 68.9 cm³/mol. The Labute approximate surface area is 103 Å². The van der Waals surface area contributed by atoms with E-state index in [4.69, 9.17) is 4.74 Å². The summed E-state index contributed by atoms with van der Waals surface area (Å²) in [6.07, 6.45) is 3.35. The van der Waals surface area contributed by atoms with Crippen molar-refractivity contribution in [2.75, 3.05) is 13.7 Å². The molecule has 0 atom stereocenters. The van der Waals surface area contributed by atoms with Crippen molar-refractivity contribution in [3.63, 3.8) is 0 Å². The van der Waals surface area contributed by atoms with Gasteiger partial charge in [-0.05, 0) is 37.6 Å². The largest absolute Gasteiger partial charge is 0.497 e. The highest BCUT2D eigenvalue weighted by Crippen LogP contribution is 2.13. The molecule has 0 aliphatic carbocycles. The minimum Gasteiger partial charge on any atom is -0.497 e. The molecule has 92 valence electrons. The number of carbonyl (C=O) groups is 1. The Morgan fingerprint density at radius 1 is 1.35 bits per heavy atom. The molecule has 0 aliphatic rings. The number of amides is 1. The summed E-state index contributed by atoms with van der Waals surface area (Å²) in [5, 5.41) is 0. The first-order valence-corrected chi connectivity index (χ1v) is 5.75. The van der Waals surface area contributed by atoms with Crippen LogP contribution >= 0.6 is 0 Å². The van der Waals surface area contributed by atoms with E-state index >= 15 is 0 Å². The fourth-order valence-electron chi connectivity index (χ4n) is 1.54. The molecule has 0 radical (unpaired) electrons. The Morgan fingerprint density at radius 3 is 2.47 bits per heavy atom. The van der Waals surface area contributed by atoms with Crippen LogP contribution in [0.3, 0.4) is 0 Å². The Balaban J connectivity index is 2.70. The topological polar surface area (TPSA) is 29.5 Å². The van der Waals surface area contributed by atoms with Gasteiger partial charge in [0.05, 0.1) is 7.11 Å². The lowest BCUT2D eigenvalue weighted by atomic mass is 10.2. The van der Waals surface area contributed by atoms with Crippen molar-refractivity contribution < 1.29 is 9.53 Å². The van der Waals surface area contributed by atoms with Crippen LogP contribution < -0.4 is 4.74 Å². The number of hydrogen-bond donors (Lipinski definition) is 0. The first-order chi connectivity index (χ1) is 8.21. The van der Waals surface area contributed by atoms with Gasteiger partial charge in [-0.3, -0.25) is 4.79 Å². The van der Waals surface area contributed by atoms with Gasteiger partial charge in [0.1, 0.15) is 5.75 Å². The van der Waals surface area contributed by atoms with E-state index in [2.05, 4.69) is 0 Å². The average Bonchev–Trinajstić information content (AvgIpc) is 2.37. The van der Waals surface area contributed by atoms with Crippen LogP contribution in [0.25, 0.3) is 0 Å². The van der Waals surface area contributed by atoms with Gasteiger partial charge in [0, 0.05) is 13.1 Å². The van der Waals surface area contributed by atoms with Crippen LogP contribution in [0.5, 0.6) is 5.75 Å². The normalized spacial score (nSPS) is 10.5. The van der Waals surface area contributed by atoms with Gasteiger partial charge in [0.25, 0.3) is 0 Å². The molecular formula is C14H19NO2. The molecule has 0 saturated heterocycles. The van der Waals surface area contributed by atoms with Crippen molar-refractivity contribution in [3.8, 4) is 5.75 Å². The number of likely N-dealkylation sites (N-methyl/N-ethyl adjacent to an activating group) is 1. The van der Waals surface area contributed by atoms with Crippen LogP contribution in [0.1, 0.15) is 19.4 Å². The molecule has 17 heavy (non-hydrogen) atoms. The van der Waals surface area contributed by atoms with Crippen molar-refractivity contribution in [1.29, 1.82) is 0 Å². The van der Waals surface area contributed by atoms with Crippen LogP contribution in [-0.2, 0) is 11.3 Å². The second-order valence-corrected chi connectivity index (χ2v) is 3.70. The lowest BCUT2D eigenvalue weighted by Crippen LogP contribution is -2.28. The highest BCUT2D eigenvalue weighted by atomic mass is 16.5. The molecule has 1 aromatic carbocycles. The summed E-state index contributed by atoms with van der Waals surface area (Å²) in [6, 6.07) is 7.77. The predicted octanol–water partition coefficient (Wildman–Crippen LogP) is 2.62. The number of allylic oxidation sites excluding steroid dienone is 1. The maximum Gasteiger partial charge on any atom is 0.246 e. The van der Waals surface area contributed by atoms with Gasteiger partial charge >= 0.3 is 0 Å². The van der Waals surface area contributed by atoms with Crippen LogP contribution in [0.2, 0.25) is 0 Å². The molecule has 0 unspecified atom stereocenters. The van der Waals surface area contributed by atoms with Gasteiger partial charge in [0.2, 0.25) is 5.91 Å². The molecule has 0 saturated carbocycles. The minimum atomic E-state index is 0.0471. The van der Waals surface area contributed by atoms with Crippen molar-refractivity contribution in [2.45, 2.75) is 20.4 Å². The number of ether oxygens (including phenoxy) is 1. The molecule has 0 spiro atoms. The molecule has 3 nitrogen and oxygen atoms in total. The summed E-state index contributed by atoms with van der Waals surface area (Å²) in [6.45, 7) is 5.16. The van der Waals surface area contributed by atoms with Crippen LogP contribution in [-0.4, -0.2) is 24.5 Å². The van der Waals surface area contributed by atoms with Gasteiger partial charge in [-0.2, -0.15) is 0 Å². The minimum absolute atomic E-state index is 0.0471. The second-order valence-electron chi connectivity index (χ2n) is 3.70. The van der Waals surface area contributed by atoms with Gasteiger partial charge in [-0.25, -0.2) is 0 Å².